The highest BCUT2D eigenvalue weighted by Crippen LogP contribution is 2.36. The van der Waals surface area contributed by atoms with Gasteiger partial charge in [-0.05, 0) is 30.9 Å². The number of methoxy groups -OCH3 is 1. The minimum Gasteiger partial charge on any atom is -0.504 e. The Morgan fingerprint density at radius 1 is 1.32 bits per heavy atom. The minimum absolute atomic E-state index is 0.0803. The summed E-state index contributed by atoms with van der Waals surface area (Å²) in [5.41, 5.74) is 0.709. The Morgan fingerprint density at radius 3 is 2.64 bits per heavy atom. The van der Waals surface area contributed by atoms with E-state index >= 15 is 0 Å². The highest BCUT2D eigenvalue weighted by Gasteiger charge is 2.16. The standard InChI is InChI=1S/C16H18O6/c1-9(7-17)3-4-11-12-5-10(8-18)22-16(20)13(12)6-14(19)15(11)21-2/h3,5-6,17-19H,4,7-8H2,1-2H3/b9-3+. The number of phenolic OH excluding ortho intramolecular Hbond substituents is 1. The molecule has 1 aromatic carbocycles. The van der Waals surface area contributed by atoms with Crippen LogP contribution < -0.4 is 10.4 Å². The monoisotopic (exact) mass is 306 g/mol. The van der Waals surface area contributed by atoms with E-state index in [1.54, 1.807) is 19.1 Å². The van der Waals surface area contributed by atoms with Gasteiger partial charge in [0.25, 0.3) is 0 Å². The summed E-state index contributed by atoms with van der Waals surface area (Å²) in [6, 6.07) is 2.84. The largest absolute Gasteiger partial charge is 0.504 e. The highest BCUT2D eigenvalue weighted by molar-refractivity contribution is 5.89. The van der Waals surface area contributed by atoms with Gasteiger partial charge in [0, 0.05) is 5.56 Å². The molecule has 0 atom stereocenters. The molecule has 3 N–H and O–H groups in total. The van der Waals surface area contributed by atoms with Crippen LogP contribution in [0.1, 0.15) is 18.2 Å². The number of aromatic hydroxyl groups is 1. The van der Waals surface area contributed by atoms with Crippen molar-refractivity contribution in [1.29, 1.82) is 0 Å². The Morgan fingerprint density at radius 2 is 2.05 bits per heavy atom. The number of phenols is 1. The number of hydrogen-bond donors (Lipinski definition) is 3. The van der Waals surface area contributed by atoms with Crippen LogP contribution in [0.2, 0.25) is 0 Å². The first-order chi connectivity index (χ1) is 10.5. The summed E-state index contributed by atoms with van der Waals surface area (Å²) in [6.45, 7) is 1.29. The number of rotatable bonds is 5. The van der Waals surface area contributed by atoms with E-state index in [-0.39, 0.29) is 29.3 Å². The van der Waals surface area contributed by atoms with Crippen molar-refractivity contribution in [2.45, 2.75) is 20.0 Å². The van der Waals surface area contributed by atoms with Crippen LogP contribution in [0.4, 0.5) is 0 Å². The summed E-state index contributed by atoms with van der Waals surface area (Å²) in [5, 5.41) is 29.1. The van der Waals surface area contributed by atoms with Crippen LogP contribution in [0.25, 0.3) is 10.8 Å². The summed E-state index contributed by atoms with van der Waals surface area (Å²) in [6.07, 6.45) is 2.14. The molecule has 118 valence electrons. The number of fused-ring (bicyclic) bond motifs is 1. The second-order valence-corrected chi connectivity index (χ2v) is 4.94. The fourth-order valence-corrected chi connectivity index (χ4v) is 2.27. The van der Waals surface area contributed by atoms with E-state index in [9.17, 15) is 15.0 Å². The first kappa shape index (κ1) is 16.1. The molecule has 22 heavy (non-hydrogen) atoms. The van der Waals surface area contributed by atoms with Crippen molar-refractivity contribution in [1.82, 2.24) is 0 Å². The van der Waals surface area contributed by atoms with Gasteiger partial charge in [-0.25, -0.2) is 4.79 Å². The molecule has 6 nitrogen and oxygen atoms in total. The Hall–Kier alpha value is -2.31. The van der Waals surface area contributed by atoms with Crippen molar-refractivity contribution < 1.29 is 24.5 Å². The SMILES string of the molecule is COc1c(O)cc2c(=O)oc(CO)cc2c1C/C=C(\C)CO. The van der Waals surface area contributed by atoms with Gasteiger partial charge in [-0.3, -0.25) is 0 Å². The number of hydrogen-bond acceptors (Lipinski definition) is 6. The number of allylic oxidation sites excluding steroid dienone is 1. The summed E-state index contributed by atoms with van der Waals surface area (Å²) in [5.74, 6) is 0.224. The third kappa shape index (κ3) is 2.98. The van der Waals surface area contributed by atoms with E-state index < -0.39 is 12.2 Å². The zero-order valence-corrected chi connectivity index (χ0v) is 12.4. The van der Waals surface area contributed by atoms with Crippen molar-refractivity contribution in [2.24, 2.45) is 0 Å². The smallest absolute Gasteiger partial charge is 0.344 e. The zero-order chi connectivity index (χ0) is 16.3. The average molecular weight is 306 g/mol. The number of aliphatic hydroxyl groups excluding tert-OH is 2. The van der Waals surface area contributed by atoms with Crippen molar-refractivity contribution in [3.63, 3.8) is 0 Å². The molecule has 0 saturated carbocycles. The van der Waals surface area contributed by atoms with Gasteiger partial charge in [0.15, 0.2) is 11.5 Å². The van der Waals surface area contributed by atoms with Gasteiger partial charge in [0.05, 0.1) is 19.1 Å². The van der Waals surface area contributed by atoms with Crippen molar-refractivity contribution in [3.05, 3.63) is 45.5 Å². The summed E-state index contributed by atoms with van der Waals surface area (Å²) >= 11 is 0. The van der Waals surface area contributed by atoms with E-state index in [1.165, 1.54) is 13.2 Å². The quantitative estimate of drug-likeness (QED) is 0.724. The lowest BCUT2D eigenvalue weighted by molar-refractivity contribution is 0.241. The lowest BCUT2D eigenvalue weighted by Gasteiger charge is -2.13. The van der Waals surface area contributed by atoms with Crippen LogP contribution in [0.5, 0.6) is 11.5 Å². The molecular formula is C16H18O6. The van der Waals surface area contributed by atoms with Gasteiger partial charge < -0.3 is 24.5 Å². The predicted octanol–water partition coefficient (Wildman–Crippen LogP) is 1.48. The van der Waals surface area contributed by atoms with Crippen molar-refractivity contribution in [2.75, 3.05) is 13.7 Å². The van der Waals surface area contributed by atoms with Gasteiger partial charge in [-0.2, -0.15) is 0 Å². The average Bonchev–Trinajstić information content (AvgIpc) is 2.52. The van der Waals surface area contributed by atoms with Crippen molar-refractivity contribution in [3.8, 4) is 11.5 Å². The minimum atomic E-state index is -0.636. The molecule has 0 amide bonds. The Bertz CT molecular complexity index is 772. The van der Waals surface area contributed by atoms with Gasteiger partial charge in [-0.15, -0.1) is 0 Å². The van der Waals surface area contributed by atoms with Gasteiger partial charge in [0.2, 0.25) is 0 Å². The number of benzene rings is 1. The molecule has 2 rings (SSSR count). The van der Waals surface area contributed by atoms with Gasteiger partial charge in [0.1, 0.15) is 12.4 Å². The van der Waals surface area contributed by atoms with Gasteiger partial charge in [-0.1, -0.05) is 11.6 Å². The maximum absolute atomic E-state index is 12.0. The topological polar surface area (TPSA) is 100 Å². The molecule has 2 aromatic rings. The summed E-state index contributed by atoms with van der Waals surface area (Å²) in [7, 11) is 1.42. The Labute approximate surface area is 126 Å². The summed E-state index contributed by atoms with van der Waals surface area (Å²) < 4.78 is 10.2. The second kappa shape index (κ2) is 6.64. The van der Waals surface area contributed by atoms with Crippen LogP contribution in [0.15, 0.2) is 33.0 Å². The molecule has 0 radical (unpaired) electrons. The molecule has 6 heteroatoms. The van der Waals surface area contributed by atoms with Crippen LogP contribution in [-0.4, -0.2) is 29.0 Å². The zero-order valence-electron chi connectivity index (χ0n) is 12.4. The van der Waals surface area contributed by atoms with Gasteiger partial charge >= 0.3 is 5.63 Å². The third-order valence-corrected chi connectivity index (χ3v) is 3.42. The molecule has 0 unspecified atom stereocenters. The molecule has 0 spiro atoms. The van der Waals surface area contributed by atoms with E-state index in [4.69, 9.17) is 14.3 Å². The third-order valence-electron chi connectivity index (χ3n) is 3.42. The molecule has 1 aromatic heterocycles. The molecular weight excluding hydrogens is 288 g/mol. The molecule has 1 heterocycles. The molecule has 0 aliphatic carbocycles. The second-order valence-electron chi connectivity index (χ2n) is 4.94. The van der Waals surface area contributed by atoms with Crippen LogP contribution in [0, 0.1) is 0 Å². The molecule has 0 bridgehead atoms. The molecule has 0 saturated heterocycles. The fraction of sp³-hybridized carbons (Fsp3) is 0.312. The number of aliphatic hydroxyl groups is 2. The first-order valence-corrected chi connectivity index (χ1v) is 6.74. The molecule has 0 aliphatic rings. The highest BCUT2D eigenvalue weighted by atomic mass is 16.5. The van der Waals surface area contributed by atoms with Crippen LogP contribution in [-0.2, 0) is 13.0 Å². The lowest BCUT2D eigenvalue weighted by atomic mass is 10.00. The lowest BCUT2D eigenvalue weighted by Crippen LogP contribution is -2.05. The van der Waals surface area contributed by atoms with E-state index in [2.05, 4.69) is 0 Å². The van der Waals surface area contributed by atoms with E-state index in [0.717, 1.165) is 5.57 Å². The fourth-order valence-electron chi connectivity index (χ4n) is 2.27. The van der Waals surface area contributed by atoms with E-state index in [0.29, 0.717) is 17.4 Å². The Balaban J connectivity index is 2.77. The maximum Gasteiger partial charge on any atom is 0.344 e. The first-order valence-electron chi connectivity index (χ1n) is 6.74. The number of ether oxygens (including phenoxy) is 1. The molecule has 0 fully saturated rings. The Kier molecular flexibility index (Phi) is 4.85. The van der Waals surface area contributed by atoms with E-state index in [1.807, 2.05) is 0 Å². The predicted molar refractivity (Wildman–Crippen MR) is 81.2 cm³/mol. The van der Waals surface area contributed by atoms with Crippen LogP contribution in [0.3, 0.4) is 0 Å². The normalized spacial score (nSPS) is 11.9. The van der Waals surface area contributed by atoms with Crippen molar-refractivity contribution >= 4 is 10.8 Å². The molecule has 0 aliphatic heterocycles. The van der Waals surface area contributed by atoms with Crippen LogP contribution >= 0.6 is 0 Å². The summed E-state index contributed by atoms with van der Waals surface area (Å²) in [4.78, 5) is 12.0. The maximum atomic E-state index is 12.0.